The maximum absolute atomic E-state index is 12.6. The number of rotatable bonds is 4. The first-order chi connectivity index (χ1) is 15.7. The van der Waals surface area contributed by atoms with E-state index < -0.39 is 0 Å². The van der Waals surface area contributed by atoms with Crippen LogP contribution in [-0.4, -0.2) is 56.6 Å². The van der Waals surface area contributed by atoms with Gasteiger partial charge >= 0.3 is 6.03 Å². The summed E-state index contributed by atoms with van der Waals surface area (Å²) in [7, 11) is 0. The Bertz CT molecular complexity index is 1280. The number of hydrogen-bond acceptors (Lipinski definition) is 6. The largest absolute Gasteiger partial charge is 0.322 e. The Morgan fingerprint density at radius 1 is 0.969 bits per heavy atom. The predicted molar refractivity (Wildman–Crippen MR) is 125 cm³/mol. The van der Waals surface area contributed by atoms with Gasteiger partial charge in [0.15, 0.2) is 0 Å². The molecule has 3 heterocycles. The number of nitrogens with one attached hydrogen (secondary N) is 1. The molecule has 2 aromatic heterocycles. The maximum Gasteiger partial charge on any atom is 0.321 e. The van der Waals surface area contributed by atoms with Crippen molar-refractivity contribution in [2.75, 3.05) is 31.5 Å². The number of para-hydroxylation sites is 1. The lowest BCUT2D eigenvalue weighted by Crippen LogP contribution is -2.49. The average Bonchev–Trinajstić information content (AvgIpc) is 3.26. The molecule has 0 saturated carbocycles. The summed E-state index contributed by atoms with van der Waals surface area (Å²) in [5, 5.41) is 8.12. The maximum atomic E-state index is 12.6. The molecule has 0 bridgehead atoms. The number of benzene rings is 2. The van der Waals surface area contributed by atoms with Gasteiger partial charge in [-0.3, -0.25) is 9.69 Å². The summed E-state index contributed by atoms with van der Waals surface area (Å²) in [5.74, 6) is 0. The Morgan fingerprint density at radius 2 is 1.66 bits per heavy atom. The Morgan fingerprint density at radius 3 is 2.38 bits per heavy atom. The van der Waals surface area contributed by atoms with Gasteiger partial charge in [-0.25, -0.2) is 9.78 Å². The van der Waals surface area contributed by atoms with Crippen molar-refractivity contribution in [1.82, 2.24) is 24.4 Å². The highest BCUT2D eigenvalue weighted by Gasteiger charge is 2.22. The fourth-order valence-electron chi connectivity index (χ4n) is 3.70. The molecule has 0 radical (unpaired) electrons. The van der Waals surface area contributed by atoms with E-state index in [0.29, 0.717) is 24.6 Å². The minimum absolute atomic E-state index is 0.0910. The van der Waals surface area contributed by atoms with Crippen molar-refractivity contribution in [3.63, 3.8) is 0 Å². The summed E-state index contributed by atoms with van der Waals surface area (Å²) >= 11 is 1.41. The smallest absolute Gasteiger partial charge is 0.321 e. The SMILES string of the molecule is O=C(Nc1ccccc1)N1CCN(Cc2cc(=O)n3nc(-c4ccccc4)sc3n2)CC1. The molecular weight excluding hydrogens is 424 g/mol. The van der Waals surface area contributed by atoms with Crippen molar-refractivity contribution in [2.45, 2.75) is 6.54 Å². The van der Waals surface area contributed by atoms with E-state index in [-0.39, 0.29) is 11.6 Å². The minimum atomic E-state index is -0.177. The molecule has 2 amide bonds. The molecule has 9 heteroatoms. The normalized spacial score (nSPS) is 14.6. The Kier molecular flexibility index (Phi) is 5.66. The molecule has 162 valence electrons. The summed E-state index contributed by atoms with van der Waals surface area (Å²) in [6, 6.07) is 20.7. The number of nitrogens with zero attached hydrogens (tertiary/aromatic N) is 5. The molecule has 1 aliphatic rings. The third kappa shape index (κ3) is 4.39. The van der Waals surface area contributed by atoms with E-state index >= 15 is 0 Å². The monoisotopic (exact) mass is 446 g/mol. The summed E-state index contributed by atoms with van der Waals surface area (Å²) in [6.07, 6.45) is 0. The molecule has 1 fully saturated rings. The standard InChI is InChI=1S/C23H22N6O2S/c30-20-15-19(25-23-29(20)26-21(32-23)17-7-3-1-4-8-17)16-27-11-13-28(14-12-27)22(31)24-18-9-5-2-6-10-18/h1-10,15H,11-14,16H2,(H,24,31). The van der Waals surface area contributed by atoms with Crippen LogP contribution in [0.25, 0.3) is 15.5 Å². The summed E-state index contributed by atoms with van der Waals surface area (Å²) in [6.45, 7) is 3.26. The van der Waals surface area contributed by atoms with Crippen molar-refractivity contribution >= 4 is 28.0 Å². The van der Waals surface area contributed by atoms with E-state index in [2.05, 4.69) is 20.3 Å². The van der Waals surface area contributed by atoms with E-state index in [0.717, 1.165) is 35.0 Å². The molecule has 1 saturated heterocycles. The molecule has 0 aliphatic carbocycles. The first-order valence-corrected chi connectivity index (χ1v) is 11.3. The van der Waals surface area contributed by atoms with Gasteiger partial charge in [0.1, 0.15) is 5.01 Å². The first kappa shape index (κ1) is 20.3. The van der Waals surface area contributed by atoms with Gasteiger partial charge in [-0.05, 0) is 12.1 Å². The minimum Gasteiger partial charge on any atom is -0.322 e. The fourth-order valence-corrected chi connectivity index (χ4v) is 4.63. The van der Waals surface area contributed by atoms with Crippen LogP contribution in [0.1, 0.15) is 5.69 Å². The van der Waals surface area contributed by atoms with Crippen molar-refractivity contribution in [1.29, 1.82) is 0 Å². The summed E-state index contributed by atoms with van der Waals surface area (Å²) in [5.41, 5.74) is 2.30. The molecule has 0 unspecified atom stereocenters. The lowest BCUT2D eigenvalue weighted by Gasteiger charge is -2.34. The second-order valence-corrected chi connectivity index (χ2v) is 8.57. The Hall–Kier alpha value is -3.56. The third-order valence-electron chi connectivity index (χ3n) is 5.39. The number of fused-ring (bicyclic) bond motifs is 1. The predicted octanol–water partition coefficient (Wildman–Crippen LogP) is 3.17. The van der Waals surface area contributed by atoms with Gasteiger partial charge in [-0.2, -0.15) is 9.61 Å². The van der Waals surface area contributed by atoms with E-state index in [1.54, 1.807) is 6.07 Å². The van der Waals surface area contributed by atoms with Crippen LogP contribution >= 0.6 is 11.3 Å². The van der Waals surface area contributed by atoms with E-state index in [1.165, 1.54) is 15.9 Å². The zero-order valence-electron chi connectivity index (χ0n) is 17.3. The van der Waals surface area contributed by atoms with Crippen LogP contribution in [0, 0.1) is 0 Å². The average molecular weight is 447 g/mol. The number of anilines is 1. The molecular formula is C23H22N6O2S. The Labute approximate surface area is 188 Å². The molecule has 1 N–H and O–H groups in total. The molecule has 0 atom stereocenters. The number of carbonyl (C=O) groups excluding carboxylic acids is 1. The molecule has 4 aromatic rings. The lowest BCUT2D eigenvalue weighted by molar-refractivity contribution is 0.142. The highest BCUT2D eigenvalue weighted by atomic mass is 32.1. The highest BCUT2D eigenvalue weighted by Crippen LogP contribution is 2.24. The molecule has 32 heavy (non-hydrogen) atoms. The van der Waals surface area contributed by atoms with Crippen LogP contribution < -0.4 is 10.9 Å². The van der Waals surface area contributed by atoms with Gasteiger partial charge in [0.2, 0.25) is 4.96 Å². The van der Waals surface area contributed by atoms with E-state index in [9.17, 15) is 9.59 Å². The van der Waals surface area contributed by atoms with Crippen LogP contribution in [0.5, 0.6) is 0 Å². The van der Waals surface area contributed by atoms with Gasteiger partial charge in [0.05, 0.1) is 5.69 Å². The number of amides is 2. The summed E-state index contributed by atoms with van der Waals surface area (Å²) < 4.78 is 1.36. The van der Waals surface area contributed by atoms with Gasteiger partial charge in [-0.1, -0.05) is 59.9 Å². The number of hydrogen-bond donors (Lipinski definition) is 1. The van der Waals surface area contributed by atoms with Crippen molar-refractivity contribution in [3.8, 4) is 10.6 Å². The molecule has 0 spiro atoms. The van der Waals surface area contributed by atoms with Gasteiger partial charge in [0, 0.05) is 50.0 Å². The van der Waals surface area contributed by atoms with Crippen LogP contribution in [-0.2, 0) is 6.54 Å². The molecule has 8 nitrogen and oxygen atoms in total. The molecule has 1 aliphatic heterocycles. The zero-order chi connectivity index (χ0) is 21.9. The third-order valence-corrected chi connectivity index (χ3v) is 6.35. The Balaban J connectivity index is 1.23. The van der Waals surface area contributed by atoms with Crippen molar-refractivity contribution in [3.05, 3.63) is 82.8 Å². The molecule has 5 rings (SSSR count). The van der Waals surface area contributed by atoms with Crippen LogP contribution in [0.15, 0.2) is 71.5 Å². The van der Waals surface area contributed by atoms with Crippen LogP contribution in [0.2, 0.25) is 0 Å². The first-order valence-electron chi connectivity index (χ1n) is 10.4. The van der Waals surface area contributed by atoms with Crippen molar-refractivity contribution < 1.29 is 4.79 Å². The lowest BCUT2D eigenvalue weighted by atomic mass is 10.2. The van der Waals surface area contributed by atoms with Gasteiger partial charge < -0.3 is 10.2 Å². The molecule has 2 aromatic carbocycles. The number of aromatic nitrogens is 3. The topological polar surface area (TPSA) is 82.8 Å². The van der Waals surface area contributed by atoms with Crippen molar-refractivity contribution in [2.24, 2.45) is 0 Å². The number of carbonyl (C=O) groups is 1. The second kappa shape index (κ2) is 8.89. The van der Waals surface area contributed by atoms with Gasteiger partial charge in [-0.15, -0.1) is 0 Å². The van der Waals surface area contributed by atoms with Crippen LogP contribution in [0.4, 0.5) is 10.5 Å². The van der Waals surface area contributed by atoms with E-state index in [1.807, 2.05) is 65.6 Å². The van der Waals surface area contributed by atoms with Crippen LogP contribution in [0.3, 0.4) is 0 Å². The second-order valence-electron chi connectivity index (χ2n) is 7.61. The highest BCUT2D eigenvalue weighted by molar-refractivity contribution is 7.19. The zero-order valence-corrected chi connectivity index (χ0v) is 18.2. The van der Waals surface area contributed by atoms with Gasteiger partial charge in [0.25, 0.3) is 5.56 Å². The van der Waals surface area contributed by atoms with E-state index in [4.69, 9.17) is 0 Å². The fraction of sp³-hybridized carbons (Fsp3) is 0.217. The quantitative estimate of drug-likeness (QED) is 0.521. The number of urea groups is 1. The summed E-state index contributed by atoms with van der Waals surface area (Å²) in [4.78, 5) is 34.3. The number of piperazine rings is 1.